The Balaban J connectivity index is 2.81. The van der Waals surface area contributed by atoms with Gasteiger partial charge in [0.15, 0.2) is 5.12 Å². The van der Waals surface area contributed by atoms with Gasteiger partial charge in [0.05, 0.1) is 11.0 Å². The lowest BCUT2D eigenvalue weighted by Crippen LogP contribution is -2.21. The topological polar surface area (TPSA) is 140 Å². The van der Waals surface area contributed by atoms with Crippen molar-refractivity contribution in [1.29, 1.82) is 0 Å². The van der Waals surface area contributed by atoms with Crippen molar-refractivity contribution in [2.45, 2.75) is 25.6 Å². The lowest BCUT2D eigenvalue weighted by Gasteiger charge is -2.18. The molecule has 1 heterocycles. The molecule has 0 amide bonds. The Labute approximate surface area is 119 Å². The molecule has 20 heavy (non-hydrogen) atoms. The van der Waals surface area contributed by atoms with E-state index >= 15 is 0 Å². The number of rotatable bonds is 6. The fraction of sp³-hybridized carbons (Fsp3) is 0.455. The van der Waals surface area contributed by atoms with Gasteiger partial charge in [-0.2, -0.15) is 0 Å². The van der Waals surface area contributed by atoms with E-state index in [0.29, 0.717) is 5.75 Å². The summed E-state index contributed by atoms with van der Waals surface area (Å²) < 4.78 is 0. The van der Waals surface area contributed by atoms with Crippen LogP contribution in [-0.2, 0) is 4.79 Å². The number of nitro groups is 1. The van der Waals surface area contributed by atoms with Crippen molar-refractivity contribution in [2.75, 3.05) is 11.5 Å². The number of aromatic nitrogens is 1. The molecule has 0 saturated heterocycles. The fourth-order valence-electron chi connectivity index (χ4n) is 1.54. The van der Waals surface area contributed by atoms with Crippen LogP contribution in [0.1, 0.15) is 25.0 Å². The molecule has 0 aliphatic carbocycles. The Morgan fingerprint density at radius 3 is 2.75 bits per heavy atom. The van der Waals surface area contributed by atoms with Crippen LogP contribution in [0.25, 0.3) is 0 Å². The molecule has 1 aromatic rings. The van der Waals surface area contributed by atoms with Crippen molar-refractivity contribution in [3.8, 4) is 0 Å². The van der Waals surface area contributed by atoms with Gasteiger partial charge in [-0.3, -0.25) is 19.9 Å². The van der Waals surface area contributed by atoms with E-state index in [0.717, 1.165) is 18.0 Å². The molecule has 1 aromatic heterocycles. The highest BCUT2D eigenvalue weighted by Gasteiger charge is 2.25. The quantitative estimate of drug-likeness (QED) is 0.513. The summed E-state index contributed by atoms with van der Waals surface area (Å²) in [5.74, 6) is 0.329. The van der Waals surface area contributed by atoms with Crippen LogP contribution >= 0.6 is 11.8 Å². The third-order valence-corrected chi connectivity index (χ3v) is 3.44. The van der Waals surface area contributed by atoms with Crippen molar-refractivity contribution in [3.05, 3.63) is 28.1 Å². The molecule has 0 fully saturated rings. The first-order valence-electron chi connectivity index (χ1n) is 5.71. The maximum absolute atomic E-state index is 10.8. The second kappa shape index (κ2) is 7.17. The fourth-order valence-corrected chi connectivity index (χ4v) is 2.19. The molecule has 1 rings (SSSR count). The molecule has 4 N–H and O–H groups in total. The van der Waals surface area contributed by atoms with Crippen molar-refractivity contribution in [1.82, 2.24) is 4.98 Å². The predicted molar refractivity (Wildman–Crippen MR) is 74.0 cm³/mol. The van der Waals surface area contributed by atoms with E-state index in [-0.39, 0.29) is 22.8 Å². The average molecular weight is 301 g/mol. The number of aliphatic hydroxyl groups is 2. The Kier molecular flexibility index (Phi) is 5.86. The number of nitrogens with zero attached hydrogens (tertiary/aromatic N) is 2. The van der Waals surface area contributed by atoms with E-state index in [1.807, 2.05) is 0 Å². The Bertz CT molecular complexity index is 511. The van der Waals surface area contributed by atoms with Crippen molar-refractivity contribution in [3.63, 3.8) is 0 Å². The second-order valence-electron chi connectivity index (χ2n) is 4.06. The van der Waals surface area contributed by atoms with Crippen LogP contribution in [-0.4, -0.2) is 37.1 Å². The smallest absolute Gasteiger partial charge is 0.310 e. The Hall–Kier alpha value is -1.71. The molecule has 110 valence electrons. The van der Waals surface area contributed by atoms with Gasteiger partial charge in [-0.05, 0) is 6.42 Å². The molecule has 9 heteroatoms. The number of pyridine rings is 1. The third kappa shape index (κ3) is 4.15. The van der Waals surface area contributed by atoms with Gasteiger partial charge in [0.1, 0.15) is 18.0 Å². The zero-order chi connectivity index (χ0) is 15.3. The number of nitrogen functional groups attached to an aromatic ring is 1. The minimum absolute atomic E-state index is 0.000440. The maximum Gasteiger partial charge on any atom is 0.310 e. The van der Waals surface area contributed by atoms with Crippen LogP contribution in [0.4, 0.5) is 11.4 Å². The Morgan fingerprint density at radius 1 is 1.55 bits per heavy atom. The summed E-state index contributed by atoms with van der Waals surface area (Å²) in [7, 11) is 0. The van der Waals surface area contributed by atoms with Gasteiger partial charge < -0.3 is 15.9 Å². The number of hydrogen-bond acceptors (Lipinski definition) is 8. The highest BCUT2D eigenvalue weighted by Crippen LogP contribution is 2.30. The summed E-state index contributed by atoms with van der Waals surface area (Å²) in [4.78, 5) is 24.4. The van der Waals surface area contributed by atoms with Crippen LogP contribution < -0.4 is 5.73 Å². The molecule has 0 bridgehead atoms. The maximum atomic E-state index is 10.8. The van der Waals surface area contributed by atoms with Crippen molar-refractivity contribution >= 4 is 28.3 Å². The highest BCUT2D eigenvalue weighted by molar-refractivity contribution is 8.13. The number of anilines is 1. The monoisotopic (exact) mass is 301 g/mol. The molecule has 8 nitrogen and oxygen atoms in total. The van der Waals surface area contributed by atoms with E-state index in [2.05, 4.69) is 4.98 Å². The van der Waals surface area contributed by atoms with Gasteiger partial charge in [0.25, 0.3) is 0 Å². The van der Waals surface area contributed by atoms with Crippen molar-refractivity contribution < 1.29 is 19.9 Å². The van der Waals surface area contributed by atoms with Gasteiger partial charge in [-0.25, -0.2) is 0 Å². The minimum atomic E-state index is -1.39. The summed E-state index contributed by atoms with van der Waals surface area (Å²) in [6.45, 7) is 1.40. The summed E-state index contributed by atoms with van der Waals surface area (Å²) in [5.41, 5.74) is 4.94. The van der Waals surface area contributed by atoms with Crippen LogP contribution in [0.5, 0.6) is 0 Å². The number of aliphatic hydroxyl groups excluding tert-OH is 2. The normalized spacial score (nSPS) is 13.8. The third-order valence-electron chi connectivity index (χ3n) is 2.60. The largest absolute Gasteiger partial charge is 0.393 e. The first-order valence-corrected chi connectivity index (χ1v) is 6.70. The summed E-state index contributed by atoms with van der Waals surface area (Å²) in [6.07, 6.45) is -0.284. The molecule has 2 unspecified atom stereocenters. The second-order valence-corrected chi connectivity index (χ2v) is 5.33. The number of nitrogens with two attached hydrogens (primary N) is 1. The molecule has 0 aliphatic rings. The number of hydrogen-bond donors (Lipinski definition) is 3. The molecular formula is C11H15N3O5S. The number of carbonyl (C=O) groups is 1. The molecular weight excluding hydrogens is 286 g/mol. The van der Waals surface area contributed by atoms with E-state index < -0.39 is 22.8 Å². The zero-order valence-corrected chi connectivity index (χ0v) is 11.5. The van der Waals surface area contributed by atoms with Crippen LogP contribution in [0.15, 0.2) is 12.4 Å². The van der Waals surface area contributed by atoms with E-state index in [1.165, 1.54) is 13.1 Å². The van der Waals surface area contributed by atoms with Gasteiger partial charge in [0.2, 0.25) is 0 Å². The molecule has 0 spiro atoms. The van der Waals surface area contributed by atoms with E-state index in [1.54, 1.807) is 0 Å². The van der Waals surface area contributed by atoms with Gasteiger partial charge in [-0.1, -0.05) is 11.8 Å². The molecule has 0 saturated carbocycles. The zero-order valence-electron chi connectivity index (χ0n) is 10.7. The summed E-state index contributed by atoms with van der Waals surface area (Å²) in [6, 6.07) is 0. The predicted octanol–water partition coefficient (Wildman–Crippen LogP) is 0.636. The molecule has 2 atom stereocenters. The Morgan fingerprint density at radius 2 is 2.20 bits per heavy atom. The lowest BCUT2D eigenvalue weighted by molar-refractivity contribution is -0.384. The first-order chi connectivity index (χ1) is 9.34. The number of thioether (sulfide) groups is 1. The SMILES string of the molecule is CC(=O)SCCC(O)C(O)c1cncc([N+](=O)[O-])c1N. The standard InChI is InChI=1S/C11H15N3O5S/c1-6(15)20-3-2-9(16)11(17)7-4-13-5-8(10(7)12)14(18)19/h4-5,9,11,16-17H,2-3H2,1H3,(H2,12,13). The van der Waals surface area contributed by atoms with E-state index in [9.17, 15) is 25.1 Å². The first kappa shape index (κ1) is 16.3. The van der Waals surface area contributed by atoms with Gasteiger partial charge >= 0.3 is 5.69 Å². The van der Waals surface area contributed by atoms with E-state index in [4.69, 9.17) is 5.73 Å². The average Bonchev–Trinajstić information content (AvgIpc) is 2.37. The molecule has 0 aromatic carbocycles. The summed E-state index contributed by atoms with van der Waals surface area (Å²) >= 11 is 1.02. The van der Waals surface area contributed by atoms with Gasteiger partial charge in [-0.15, -0.1) is 0 Å². The molecule has 0 aliphatic heterocycles. The lowest BCUT2D eigenvalue weighted by atomic mass is 10.0. The van der Waals surface area contributed by atoms with Gasteiger partial charge in [0, 0.05) is 24.4 Å². The van der Waals surface area contributed by atoms with Crippen LogP contribution in [0, 0.1) is 10.1 Å². The van der Waals surface area contributed by atoms with Crippen LogP contribution in [0.2, 0.25) is 0 Å². The van der Waals surface area contributed by atoms with Crippen molar-refractivity contribution in [2.24, 2.45) is 0 Å². The minimum Gasteiger partial charge on any atom is -0.393 e. The number of carbonyl (C=O) groups excluding carboxylic acids is 1. The van der Waals surface area contributed by atoms with Crippen LogP contribution in [0.3, 0.4) is 0 Å². The highest BCUT2D eigenvalue weighted by atomic mass is 32.2. The summed E-state index contributed by atoms with van der Waals surface area (Å²) in [5, 5.41) is 30.4. The molecule has 0 radical (unpaired) electrons.